The Morgan fingerprint density at radius 2 is 2.10 bits per heavy atom. The average molecular weight is 310 g/mol. The summed E-state index contributed by atoms with van der Waals surface area (Å²) >= 11 is 6.17. The number of nitrogens with one attached hydrogen (secondary N) is 1. The van der Waals surface area contributed by atoms with Crippen molar-refractivity contribution in [2.24, 2.45) is 17.8 Å². The minimum atomic E-state index is 0.601. The largest absolute Gasteiger partial charge is 0.496 e. The van der Waals surface area contributed by atoms with Gasteiger partial charge in [-0.25, -0.2) is 0 Å². The van der Waals surface area contributed by atoms with E-state index in [1.54, 1.807) is 7.11 Å². The van der Waals surface area contributed by atoms with Crippen molar-refractivity contribution in [1.29, 1.82) is 0 Å². The molecule has 1 saturated carbocycles. The van der Waals surface area contributed by atoms with Crippen LogP contribution in [0.3, 0.4) is 0 Å². The Labute approximate surface area is 134 Å². The molecule has 1 aliphatic rings. The van der Waals surface area contributed by atoms with Crippen LogP contribution in [0.5, 0.6) is 5.75 Å². The van der Waals surface area contributed by atoms with Crippen molar-refractivity contribution in [3.05, 3.63) is 28.8 Å². The van der Waals surface area contributed by atoms with E-state index in [4.69, 9.17) is 16.3 Å². The Hall–Kier alpha value is -0.730. The quantitative estimate of drug-likeness (QED) is 0.861. The summed E-state index contributed by atoms with van der Waals surface area (Å²) in [5.74, 6) is 3.22. The SMILES string of the molecule is CNC1CCC(C(C)C)CC1Cc1cc(Cl)ccc1OC. The highest BCUT2D eigenvalue weighted by Gasteiger charge is 2.31. The van der Waals surface area contributed by atoms with Gasteiger partial charge in [-0.2, -0.15) is 0 Å². The highest BCUT2D eigenvalue weighted by atomic mass is 35.5. The van der Waals surface area contributed by atoms with Crippen LogP contribution in [0.1, 0.15) is 38.7 Å². The molecule has 3 unspecified atom stereocenters. The van der Waals surface area contributed by atoms with E-state index >= 15 is 0 Å². The van der Waals surface area contributed by atoms with Crippen molar-refractivity contribution in [3.8, 4) is 5.75 Å². The summed E-state index contributed by atoms with van der Waals surface area (Å²) in [6.07, 6.45) is 4.94. The molecule has 1 aliphatic carbocycles. The van der Waals surface area contributed by atoms with Gasteiger partial charge >= 0.3 is 0 Å². The van der Waals surface area contributed by atoms with Crippen LogP contribution in [0, 0.1) is 17.8 Å². The molecule has 0 heterocycles. The lowest BCUT2D eigenvalue weighted by atomic mass is 9.71. The topological polar surface area (TPSA) is 21.3 Å². The first-order valence-electron chi connectivity index (χ1n) is 8.04. The highest BCUT2D eigenvalue weighted by Crippen LogP contribution is 2.37. The van der Waals surface area contributed by atoms with Gasteiger partial charge in [0, 0.05) is 11.1 Å². The number of hydrogen-bond donors (Lipinski definition) is 1. The van der Waals surface area contributed by atoms with E-state index in [0.29, 0.717) is 12.0 Å². The number of methoxy groups -OCH3 is 1. The summed E-state index contributed by atoms with van der Waals surface area (Å²) in [5, 5.41) is 4.31. The van der Waals surface area contributed by atoms with E-state index in [1.165, 1.54) is 24.8 Å². The maximum atomic E-state index is 6.17. The third-order valence-electron chi connectivity index (χ3n) is 5.06. The number of halogens is 1. The molecule has 0 amide bonds. The fraction of sp³-hybridized carbons (Fsp3) is 0.667. The van der Waals surface area contributed by atoms with Crippen LogP contribution in [-0.4, -0.2) is 20.2 Å². The maximum Gasteiger partial charge on any atom is 0.122 e. The van der Waals surface area contributed by atoms with Crippen molar-refractivity contribution in [1.82, 2.24) is 5.32 Å². The van der Waals surface area contributed by atoms with Crippen molar-refractivity contribution < 1.29 is 4.74 Å². The smallest absolute Gasteiger partial charge is 0.122 e. The van der Waals surface area contributed by atoms with Crippen LogP contribution in [0.15, 0.2) is 18.2 Å². The van der Waals surface area contributed by atoms with Gasteiger partial charge in [0.2, 0.25) is 0 Å². The van der Waals surface area contributed by atoms with Crippen molar-refractivity contribution in [2.45, 2.75) is 45.6 Å². The van der Waals surface area contributed by atoms with Gasteiger partial charge < -0.3 is 10.1 Å². The summed E-state index contributed by atoms with van der Waals surface area (Å²) in [6.45, 7) is 4.70. The van der Waals surface area contributed by atoms with Gasteiger partial charge in [0.1, 0.15) is 5.75 Å². The van der Waals surface area contributed by atoms with Gasteiger partial charge in [-0.3, -0.25) is 0 Å². The summed E-state index contributed by atoms with van der Waals surface area (Å²) in [5.41, 5.74) is 1.24. The lowest BCUT2D eigenvalue weighted by Crippen LogP contribution is -2.40. The van der Waals surface area contributed by atoms with Crippen LogP contribution in [0.25, 0.3) is 0 Å². The molecule has 3 atom stereocenters. The Morgan fingerprint density at radius 3 is 2.71 bits per heavy atom. The normalized spacial score (nSPS) is 26.1. The molecule has 0 bridgehead atoms. The van der Waals surface area contributed by atoms with Gasteiger partial charge in [-0.1, -0.05) is 25.4 Å². The van der Waals surface area contributed by atoms with Crippen LogP contribution in [0.2, 0.25) is 5.02 Å². The van der Waals surface area contributed by atoms with Gasteiger partial charge in [0.15, 0.2) is 0 Å². The zero-order valence-electron chi connectivity index (χ0n) is 13.7. The first kappa shape index (κ1) is 16.6. The average Bonchev–Trinajstić information content (AvgIpc) is 2.47. The van der Waals surface area contributed by atoms with Crippen LogP contribution in [0.4, 0.5) is 0 Å². The molecule has 0 radical (unpaired) electrons. The monoisotopic (exact) mass is 309 g/mol. The predicted molar refractivity (Wildman–Crippen MR) is 90.2 cm³/mol. The lowest BCUT2D eigenvalue weighted by molar-refractivity contribution is 0.172. The Morgan fingerprint density at radius 1 is 1.33 bits per heavy atom. The van der Waals surface area contributed by atoms with Gasteiger partial charge in [-0.15, -0.1) is 0 Å². The fourth-order valence-electron chi connectivity index (χ4n) is 3.70. The summed E-state index contributed by atoms with van der Waals surface area (Å²) in [4.78, 5) is 0. The summed E-state index contributed by atoms with van der Waals surface area (Å²) in [7, 11) is 3.82. The summed E-state index contributed by atoms with van der Waals surface area (Å²) < 4.78 is 5.51. The molecule has 1 aromatic rings. The standard InChI is InChI=1S/C18H28ClNO/c1-12(2)13-5-7-17(20-3)14(9-13)10-15-11-16(19)6-8-18(15)21-4/h6,8,11-14,17,20H,5,7,9-10H2,1-4H3. The Balaban J connectivity index is 2.16. The first-order valence-corrected chi connectivity index (χ1v) is 8.42. The predicted octanol–water partition coefficient (Wildman–Crippen LogP) is 4.55. The molecule has 2 rings (SSSR count). The van der Waals surface area contributed by atoms with Gasteiger partial charge in [0.05, 0.1) is 7.11 Å². The van der Waals surface area contributed by atoms with Crippen LogP contribution < -0.4 is 10.1 Å². The van der Waals surface area contributed by atoms with Gasteiger partial charge in [0.25, 0.3) is 0 Å². The van der Waals surface area contributed by atoms with Crippen molar-refractivity contribution in [3.63, 3.8) is 0 Å². The zero-order chi connectivity index (χ0) is 15.4. The number of ether oxygens (including phenoxy) is 1. The van der Waals surface area contributed by atoms with Crippen molar-refractivity contribution >= 4 is 11.6 Å². The zero-order valence-corrected chi connectivity index (χ0v) is 14.4. The molecule has 1 fully saturated rings. The molecule has 2 nitrogen and oxygen atoms in total. The summed E-state index contributed by atoms with van der Waals surface area (Å²) in [6, 6.07) is 6.54. The molecule has 0 aliphatic heterocycles. The highest BCUT2D eigenvalue weighted by molar-refractivity contribution is 6.30. The van der Waals surface area contributed by atoms with Gasteiger partial charge in [-0.05, 0) is 74.2 Å². The van der Waals surface area contributed by atoms with E-state index in [9.17, 15) is 0 Å². The number of hydrogen-bond acceptors (Lipinski definition) is 2. The fourth-order valence-corrected chi connectivity index (χ4v) is 3.90. The molecule has 0 spiro atoms. The maximum absolute atomic E-state index is 6.17. The van der Waals surface area contributed by atoms with E-state index in [0.717, 1.165) is 29.0 Å². The molecule has 118 valence electrons. The molecule has 1 aromatic carbocycles. The molecule has 3 heteroatoms. The van der Waals surface area contributed by atoms with E-state index in [2.05, 4.69) is 32.3 Å². The molecule has 1 N–H and O–H groups in total. The Bertz CT molecular complexity index is 461. The molecule has 21 heavy (non-hydrogen) atoms. The molecular weight excluding hydrogens is 282 g/mol. The van der Waals surface area contributed by atoms with Crippen LogP contribution in [-0.2, 0) is 6.42 Å². The third kappa shape index (κ3) is 4.14. The molecular formula is C18H28ClNO. The number of benzene rings is 1. The van der Waals surface area contributed by atoms with Crippen LogP contribution >= 0.6 is 11.6 Å². The van der Waals surface area contributed by atoms with E-state index in [1.807, 2.05) is 12.1 Å². The minimum Gasteiger partial charge on any atom is -0.496 e. The lowest BCUT2D eigenvalue weighted by Gasteiger charge is -2.38. The second-order valence-electron chi connectivity index (χ2n) is 6.63. The second kappa shape index (κ2) is 7.51. The second-order valence-corrected chi connectivity index (χ2v) is 7.07. The van der Waals surface area contributed by atoms with E-state index < -0.39 is 0 Å². The Kier molecular flexibility index (Phi) is 5.95. The first-order chi connectivity index (χ1) is 10.0. The minimum absolute atomic E-state index is 0.601. The third-order valence-corrected chi connectivity index (χ3v) is 5.30. The van der Waals surface area contributed by atoms with Crippen molar-refractivity contribution in [2.75, 3.05) is 14.2 Å². The van der Waals surface area contributed by atoms with E-state index in [-0.39, 0.29) is 0 Å². The molecule has 0 saturated heterocycles. The number of rotatable bonds is 5. The molecule has 0 aromatic heterocycles.